The number of hydrogen-bond acceptors (Lipinski definition) is 5. The summed E-state index contributed by atoms with van der Waals surface area (Å²) in [6.07, 6.45) is 5.11. The van der Waals surface area contributed by atoms with E-state index in [4.69, 9.17) is 10.5 Å². The predicted molar refractivity (Wildman–Crippen MR) is 146 cm³/mol. The third-order valence-corrected chi connectivity index (χ3v) is 8.07. The molecular formula is C30H42N4O3. The number of nitrogens with one attached hydrogen (secondary N) is 1. The number of likely N-dealkylation sites (tertiary alicyclic amines) is 1. The van der Waals surface area contributed by atoms with Crippen molar-refractivity contribution in [3.63, 3.8) is 0 Å². The van der Waals surface area contributed by atoms with Gasteiger partial charge in [-0.1, -0.05) is 36.4 Å². The van der Waals surface area contributed by atoms with Gasteiger partial charge in [-0.2, -0.15) is 0 Å². The van der Waals surface area contributed by atoms with Crippen LogP contribution < -0.4 is 15.8 Å². The van der Waals surface area contributed by atoms with Gasteiger partial charge in [-0.25, -0.2) is 0 Å². The van der Waals surface area contributed by atoms with E-state index < -0.39 is 6.04 Å². The first-order valence-corrected chi connectivity index (χ1v) is 13.6. The molecule has 2 fully saturated rings. The van der Waals surface area contributed by atoms with Crippen LogP contribution >= 0.6 is 0 Å². The molecule has 0 spiro atoms. The van der Waals surface area contributed by atoms with Crippen molar-refractivity contribution < 1.29 is 14.3 Å². The van der Waals surface area contributed by atoms with Crippen LogP contribution in [0.15, 0.2) is 48.5 Å². The van der Waals surface area contributed by atoms with Gasteiger partial charge < -0.3 is 20.7 Å². The molecular weight excluding hydrogens is 464 g/mol. The smallest absolute Gasteiger partial charge is 0.243 e. The number of nitrogens with two attached hydrogens (primary N) is 1. The lowest BCUT2D eigenvalue weighted by atomic mass is 9.90. The van der Waals surface area contributed by atoms with Crippen LogP contribution in [0.4, 0.5) is 0 Å². The van der Waals surface area contributed by atoms with Crippen LogP contribution in [-0.4, -0.2) is 59.4 Å². The molecule has 7 heteroatoms. The second-order valence-electron chi connectivity index (χ2n) is 10.7. The SMILES string of the molecule is COc1cccc(CN(Cc2ccccc2C)C2CCN(C(C)=O)[C@@H](C(=O)NC3CCC(N)CC3)C2)c1. The van der Waals surface area contributed by atoms with E-state index in [2.05, 4.69) is 53.5 Å². The lowest BCUT2D eigenvalue weighted by molar-refractivity contribution is -0.142. The number of ether oxygens (including phenoxy) is 1. The quantitative estimate of drug-likeness (QED) is 0.569. The molecule has 1 saturated heterocycles. The van der Waals surface area contributed by atoms with Gasteiger partial charge in [0.25, 0.3) is 0 Å². The molecule has 2 aliphatic rings. The molecule has 2 aromatic carbocycles. The summed E-state index contributed by atoms with van der Waals surface area (Å²) in [5.74, 6) is 0.768. The molecule has 0 aromatic heterocycles. The summed E-state index contributed by atoms with van der Waals surface area (Å²) in [5, 5.41) is 3.25. The molecule has 7 nitrogen and oxygen atoms in total. The fourth-order valence-corrected chi connectivity index (χ4v) is 5.79. The topological polar surface area (TPSA) is 87.9 Å². The molecule has 200 valence electrons. The van der Waals surface area contributed by atoms with E-state index in [0.29, 0.717) is 13.0 Å². The summed E-state index contributed by atoms with van der Waals surface area (Å²) in [4.78, 5) is 30.3. The minimum atomic E-state index is -0.462. The van der Waals surface area contributed by atoms with Gasteiger partial charge in [-0.05, 0) is 74.3 Å². The van der Waals surface area contributed by atoms with Crippen LogP contribution in [0.2, 0.25) is 0 Å². The zero-order chi connectivity index (χ0) is 26.4. The molecule has 2 aromatic rings. The first kappa shape index (κ1) is 27.1. The first-order chi connectivity index (χ1) is 17.8. The second-order valence-corrected chi connectivity index (χ2v) is 10.7. The number of rotatable bonds is 8. The van der Waals surface area contributed by atoms with Gasteiger partial charge in [-0.15, -0.1) is 0 Å². The molecule has 1 aliphatic carbocycles. The highest BCUT2D eigenvalue weighted by Crippen LogP contribution is 2.28. The molecule has 1 unspecified atom stereocenters. The summed E-state index contributed by atoms with van der Waals surface area (Å²) in [7, 11) is 1.69. The average Bonchev–Trinajstić information content (AvgIpc) is 2.90. The highest BCUT2D eigenvalue weighted by atomic mass is 16.5. The third-order valence-electron chi connectivity index (χ3n) is 8.07. The molecule has 2 atom stereocenters. The maximum Gasteiger partial charge on any atom is 0.243 e. The van der Waals surface area contributed by atoms with Crippen LogP contribution in [0.3, 0.4) is 0 Å². The Balaban J connectivity index is 1.55. The Kier molecular flexibility index (Phi) is 9.22. The van der Waals surface area contributed by atoms with Crippen molar-refractivity contribution in [1.82, 2.24) is 15.1 Å². The largest absolute Gasteiger partial charge is 0.497 e. The first-order valence-electron chi connectivity index (χ1n) is 13.6. The zero-order valence-electron chi connectivity index (χ0n) is 22.5. The highest BCUT2D eigenvalue weighted by molar-refractivity contribution is 5.87. The maximum atomic E-state index is 13.5. The zero-order valence-corrected chi connectivity index (χ0v) is 22.5. The number of carbonyl (C=O) groups is 2. The van der Waals surface area contributed by atoms with Gasteiger partial charge in [0.2, 0.25) is 11.8 Å². The molecule has 37 heavy (non-hydrogen) atoms. The van der Waals surface area contributed by atoms with Gasteiger partial charge in [0.05, 0.1) is 7.11 Å². The van der Waals surface area contributed by atoms with E-state index in [1.54, 1.807) is 18.9 Å². The maximum absolute atomic E-state index is 13.5. The Labute approximate surface area is 221 Å². The van der Waals surface area contributed by atoms with Crippen LogP contribution in [0.1, 0.15) is 62.1 Å². The summed E-state index contributed by atoms with van der Waals surface area (Å²) in [5.41, 5.74) is 9.76. The Morgan fingerprint density at radius 3 is 2.51 bits per heavy atom. The number of benzene rings is 2. The molecule has 3 N–H and O–H groups in total. The van der Waals surface area contributed by atoms with Crippen molar-refractivity contribution >= 4 is 11.8 Å². The van der Waals surface area contributed by atoms with E-state index in [9.17, 15) is 9.59 Å². The third kappa shape index (κ3) is 7.11. The van der Waals surface area contributed by atoms with Crippen molar-refractivity contribution in [2.75, 3.05) is 13.7 Å². The molecule has 1 saturated carbocycles. The fourth-order valence-electron chi connectivity index (χ4n) is 5.79. The molecule has 1 heterocycles. The Morgan fingerprint density at radius 1 is 1.05 bits per heavy atom. The predicted octanol–water partition coefficient (Wildman–Crippen LogP) is 3.77. The van der Waals surface area contributed by atoms with Crippen LogP contribution in [0.5, 0.6) is 5.75 Å². The van der Waals surface area contributed by atoms with Crippen LogP contribution in [0.25, 0.3) is 0 Å². The number of hydrogen-bond donors (Lipinski definition) is 2. The Bertz CT molecular complexity index is 1070. The van der Waals surface area contributed by atoms with Crippen molar-refractivity contribution in [2.24, 2.45) is 5.73 Å². The lowest BCUT2D eigenvalue weighted by Crippen LogP contribution is -2.58. The van der Waals surface area contributed by atoms with E-state index >= 15 is 0 Å². The minimum Gasteiger partial charge on any atom is -0.497 e. The Morgan fingerprint density at radius 2 is 1.81 bits per heavy atom. The molecule has 2 amide bonds. The van der Waals surface area contributed by atoms with E-state index in [0.717, 1.165) is 50.9 Å². The molecule has 0 bridgehead atoms. The average molecular weight is 507 g/mol. The van der Waals surface area contributed by atoms with Crippen molar-refractivity contribution in [2.45, 2.75) is 89.6 Å². The molecule has 1 aliphatic heterocycles. The van der Waals surface area contributed by atoms with Gasteiger partial charge in [-0.3, -0.25) is 14.5 Å². The van der Waals surface area contributed by atoms with Crippen molar-refractivity contribution in [1.29, 1.82) is 0 Å². The number of carbonyl (C=O) groups excluding carboxylic acids is 2. The number of amides is 2. The summed E-state index contributed by atoms with van der Waals surface area (Å²) < 4.78 is 5.46. The second kappa shape index (κ2) is 12.6. The Hall–Kier alpha value is -2.90. The van der Waals surface area contributed by atoms with Gasteiger partial charge in [0.1, 0.15) is 11.8 Å². The molecule has 4 rings (SSSR count). The summed E-state index contributed by atoms with van der Waals surface area (Å²) in [6.45, 7) is 5.82. The van der Waals surface area contributed by atoms with E-state index in [1.807, 2.05) is 12.1 Å². The van der Waals surface area contributed by atoms with Crippen LogP contribution in [-0.2, 0) is 22.7 Å². The minimum absolute atomic E-state index is 0.0300. The van der Waals surface area contributed by atoms with E-state index in [-0.39, 0.29) is 29.9 Å². The number of aryl methyl sites for hydroxylation is 1. The lowest BCUT2D eigenvalue weighted by Gasteiger charge is -2.43. The van der Waals surface area contributed by atoms with Crippen molar-refractivity contribution in [3.05, 3.63) is 65.2 Å². The molecule has 0 radical (unpaired) electrons. The number of methoxy groups -OCH3 is 1. The highest BCUT2D eigenvalue weighted by Gasteiger charge is 2.38. The van der Waals surface area contributed by atoms with Gasteiger partial charge >= 0.3 is 0 Å². The van der Waals surface area contributed by atoms with Crippen molar-refractivity contribution in [3.8, 4) is 5.75 Å². The fraction of sp³-hybridized carbons (Fsp3) is 0.533. The standard InChI is InChI=1S/C30H42N4O3/c1-21-7-4-5-9-24(21)20-33(19-23-8-6-10-28(17-23)37-3)27-15-16-34(22(2)35)29(18-27)30(36)32-26-13-11-25(31)12-14-26/h4-10,17,25-27,29H,11-16,18-20,31H2,1-3H3,(H,32,36)/t25?,26?,27?,29-/m1/s1. The normalized spacial score (nSPS) is 24.1. The van der Waals surface area contributed by atoms with Gasteiger partial charge in [0, 0.05) is 44.7 Å². The van der Waals surface area contributed by atoms with Gasteiger partial charge in [0.15, 0.2) is 0 Å². The van der Waals surface area contributed by atoms with E-state index in [1.165, 1.54) is 16.7 Å². The summed E-state index contributed by atoms with van der Waals surface area (Å²) in [6, 6.07) is 16.7. The number of nitrogens with zero attached hydrogens (tertiary/aromatic N) is 2. The summed E-state index contributed by atoms with van der Waals surface area (Å²) >= 11 is 0. The monoisotopic (exact) mass is 506 g/mol. The van der Waals surface area contributed by atoms with Crippen LogP contribution in [0, 0.1) is 6.92 Å². The number of piperidine rings is 1.